The molecular weight excluding hydrogens is 310 g/mol. The number of nitrogens with zero attached hydrogens (tertiary/aromatic N) is 5. The first kappa shape index (κ1) is 14.5. The van der Waals surface area contributed by atoms with Gasteiger partial charge in [-0.15, -0.1) is 10.2 Å². The second kappa shape index (κ2) is 6.20. The summed E-state index contributed by atoms with van der Waals surface area (Å²) in [7, 11) is 0. The van der Waals surface area contributed by atoms with Gasteiger partial charge in [0.05, 0.1) is 18.8 Å². The molecule has 1 aliphatic rings. The van der Waals surface area contributed by atoms with Gasteiger partial charge in [0, 0.05) is 18.3 Å². The molecule has 2 N–H and O–H groups in total. The maximum absolute atomic E-state index is 12.7. The first-order valence-electron chi connectivity index (χ1n) is 7.55. The predicted octanol–water partition coefficient (Wildman–Crippen LogP) is 0.803. The Balaban J connectivity index is 1.49. The molecule has 0 saturated carbocycles. The van der Waals surface area contributed by atoms with Crippen molar-refractivity contribution in [3.8, 4) is 11.3 Å². The summed E-state index contributed by atoms with van der Waals surface area (Å²) < 4.78 is 5.62. The third kappa shape index (κ3) is 2.76. The van der Waals surface area contributed by atoms with Crippen LogP contribution in [0.4, 0.5) is 0 Å². The lowest BCUT2D eigenvalue weighted by Gasteiger charge is -2.31. The van der Waals surface area contributed by atoms with Gasteiger partial charge in [0.2, 0.25) is 5.82 Å². The summed E-state index contributed by atoms with van der Waals surface area (Å²) in [4.78, 5) is 14.4. The Kier molecular flexibility index (Phi) is 3.75. The van der Waals surface area contributed by atoms with Crippen LogP contribution in [0.25, 0.3) is 11.3 Å². The topological polar surface area (TPSA) is 113 Å². The third-order valence-electron chi connectivity index (χ3n) is 3.95. The van der Waals surface area contributed by atoms with Crippen LogP contribution in [0.5, 0.6) is 0 Å². The molecule has 1 saturated heterocycles. The Labute approximate surface area is 137 Å². The van der Waals surface area contributed by atoms with Crippen molar-refractivity contribution < 1.29 is 9.53 Å². The van der Waals surface area contributed by atoms with E-state index in [0.29, 0.717) is 31.1 Å². The number of ether oxygens (including phenoxy) is 1. The van der Waals surface area contributed by atoms with Gasteiger partial charge < -0.3 is 9.64 Å². The van der Waals surface area contributed by atoms with Crippen LogP contribution in [0.2, 0.25) is 0 Å². The van der Waals surface area contributed by atoms with Crippen LogP contribution in [-0.2, 0) is 4.74 Å². The van der Waals surface area contributed by atoms with Crippen molar-refractivity contribution >= 4 is 5.91 Å². The number of H-pyrrole nitrogens is 2. The zero-order valence-electron chi connectivity index (χ0n) is 12.7. The molecule has 9 heteroatoms. The van der Waals surface area contributed by atoms with E-state index in [4.69, 9.17) is 4.74 Å². The molecule has 0 radical (unpaired) electrons. The minimum Gasteiger partial charge on any atom is -0.366 e. The summed E-state index contributed by atoms with van der Waals surface area (Å²) in [5.74, 6) is 0.421. The zero-order valence-corrected chi connectivity index (χ0v) is 12.7. The van der Waals surface area contributed by atoms with Crippen molar-refractivity contribution in [2.24, 2.45) is 0 Å². The fourth-order valence-corrected chi connectivity index (χ4v) is 2.69. The molecule has 0 aliphatic carbocycles. The number of rotatable bonds is 3. The van der Waals surface area contributed by atoms with E-state index in [2.05, 4.69) is 30.8 Å². The number of hydrogen-bond acceptors (Lipinski definition) is 6. The van der Waals surface area contributed by atoms with Crippen LogP contribution < -0.4 is 0 Å². The maximum atomic E-state index is 12.7. The lowest BCUT2D eigenvalue weighted by Crippen LogP contribution is -2.42. The molecule has 1 aromatic carbocycles. The highest BCUT2D eigenvalue weighted by Crippen LogP contribution is 2.21. The van der Waals surface area contributed by atoms with Gasteiger partial charge in [0.25, 0.3) is 5.91 Å². The number of carbonyl (C=O) groups is 1. The highest BCUT2D eigenvalue weighted by molar-refractivity contribution is 5.94. The third-order valence-corrected chi connectivity index (χ3v) is 3.95. The van der Waals surface area contributed by atoms with Gasteiger partial charge in [0.1, 0.15) is 6.10 Å². The number of hydrogen-bond donors (Lipinski definition) is 2. The van der Waals surface area contributed by atoms with E-state index in [-0.39, 0.29) is 12.0 Å². The van der Waals surface area contributed by atoms with E-state index in [1.54, 1.807) is 11.1 Å². The van der Waals surface area contributed by atoms with E-state index < -0.39 is 0 Å². The maximum Gasteiger partial charge on any atom is 0.254 e. The molecule has 1 aliphatic heterocycles. The minimum absolute atomic E-state index is 0.0389. The van der Waals surface area contributed by atoms with E-state index in [0.717, 1.165) is 11.3 Å². The largest absolute Gasteiger partial charge is 0.366 e. The number of morpholine rings is 1. The number of carbonyl (C=O) groups excluding carboxylic acids is 1. The molecule has 4 rings (SSSR count). The van der Waals surface area contributed by atoms with Crippen molar-refractivity contribution in [3.05, 3.63) is 47.9 Å². The Bertz CT molecular complexity index is 799. The van der Waals surface area contributed by atoms with E-state index in [1.807, 2.05) is 30.3 Å². The highest BCUT2D eigenvalue weighted by Gasteiger charge is 2.28. The lowest BCUT2D eigenvalue weighted by atomic mass is 10.1. The second-order valence-electron chi connectivity index (χ2n) is 5.43. The van der Waals surface area contributed by atoms with Crippen molar-refractivity contribution in [1.29, 1.82) is 0 Å². The number of aromatic nitrogens is 6. The van der Waals surface area contributed by atoms with Gasteiger partial charge in [-0.05, 0) is 23.8 Å². The quantitative estimate of drug-likeness (QED) is 0.736. The fourth-order valence-electron chi connectivity index (χ4n) is 2.69. The van der Waals surface area contributed by atoms with Gasteiger partial charge in [-0.1, -0.05) is 17.3 Å². The summed E-state index contributed by atoms with van der Waals surface area (Å²) in [6.45, 7) is 1.38. The SMILES string of the molecule is O=C(c1ccc(-c2ccn[nH]2)cc1)N1CCOC(c2nn[nH]n2)C1. The molecule has 1 fully saturated rings. The first-order chi connectivity index (χ1) is 11.8. The van der Waals surface area contributed by atoms with Crippen LogP contribution in [0.15, 0.2) is 36.5 Å². The summed E-state index contributed by atoms with van der Waals surface area (Å²) >= 11 is 0. The highest BCUT2D eigenvalue weighted by atomic mass is 16.5. The predicted molar refractivity (Wildman–Crippen MR) is 82.8 cm³/mol. The van der Waals surface area contributed by atoms with Crippen molar-refractivity contribution in [1.82, 2.24) is 35.7 Å². The molecule has 1 amide bonds. The van der Waals surface area contributed by atoms with Crippen molar-refractivity contribution in [2.45, 2.75) is 6.10 Å². The lowest BCUT2D eigenvalue weighted by molar-refractivity contribution is -0.0268. The smallest absolute Gasteiger partial charge is 0.254 e. The normalized spacial score (nSPS) is 17.8. The van der Waals surface area contributed by atoms with E-state index in [9.17, 15) is 4.79 Å². The number of tetrazole rings is 1. The van der Waals surface area contributed by atoms with E-state index in [1.165, 1.54) is 0 Å². The first-order valence-corrected chi connectivity index (χ1v) is 7.55. The molecule has 1 atom stereocenters. The second-order valence-corrected chi connectivity index (χ2v) is 5.43. The summed E-state index contributed by atoms with van der Waals surface area (Å²) in [6.07, 6.45) is 1.34. The monoisotopic (exact) mass is 325 g/mol. The van der Waals surface area contributed by atoms with Crippen molar-refractivity contribution in [3.63, 3.8) is 0 Å². The minimum atomic E-state index is -0.356. The molecule has 1 unspecified atom stereocenters. The Morgan fingerprint density at radius 1 is 1.25 bits per heavy atom. The number of benzene rings is 1. The van der Waals surface area contributed by atoms with Gasteiger partial charge in [-0.2, -0.15) is 10.3 Å². The van der Waals surface area contributed by atoms with Crippen LogP contribution >= 0.6 is 0 Å². The zero-order chi connectivity index (χ0) is 16.4. The Hall–Kier alpha value is -3.07. The average Bonchev–Trinajstić information content (AvgIpc) is 3.35. The fraction of sp³-hybridized carbons (Fsp3) is 0.267. The molecule has 0 bridgehead atoms. The molecule has 2 aromatic heterocycles. The molecule has 122 valence electrons. The van der Waals surface area contributed by atoms with Crippen LogP contribution in [-0.4, -0.2) is 61.3 Å². The summed E-state index contributed by atoms with van der Waals surface area (Å²) in [5, 5.41) is 20.6. The number of nitrogens with one attached hydrogen (secondary N) is 2. The van der Waals surface area contributed by atoms with Gasteiger partial charge in [0.15, 0.2) is 0 Å². The molecule has 3 aromatic rings. The Morgan fingerprint density at radius 3 is 2.83 bits per heavy atom. The van der Waals surface area contributed by atoms with E-state index >= 15 is 0 Å². The number of aromatic amines is 2. The van der Waals surface area contributed by atoms with Crippen molar-refractivity contribution in [2.75, 3.05) is 19.7 Å². The average molecular weight is 325 g/mol. The molecular formula is C15H15N7O2. The number of amides is 1. The Morgan fingerprint density at radius 2 is 2.12 bits per heavy atom. The van der Waals surface area contributed by atoms with Crippen LogP contribution in [0.1, 0.15) is 22.3 Å². The van der Waals surface area contributed by atoms with Gasteiger partial charge >= 0.3 is 0 Å². The van der Waals surface area contributed by atoms with Crippen LogP contribution in [0, 0.1) is 0 Å². The molecule has 9 nitrogen and oxygen atoms in total. The van der Waals surface area contributed by atoms with Gasteiger partial charge in [-0.25, -0.2) is 0 Å². The standard InChI is InChI=1S/C15H15N7O2/c23-15(11-3-1-10(2-4-11)12-5-6-16-17-12)22-7-8-24-13(9-22)14-18-20-21-19-14/h1-6,13H,7-9H2,(H,16,17)(H,18,19,20,21). The molecule has 0 spiro atoms. The molecule has 24 heavy (non-hydrogen) atoms. The summed E-state index contributed by atoms with van der Waals surface area (Å²) in [5.41, 5.74) is 2.53. The van der Waals surface area contributed by atoms with Crippen LogP contribution in [0.3, 0.4) is 0 Å². The molecule has 3 heterocycles. The summed E-state index contributed by atoms with van der Waals surface area (Å²) in [6, 6.07) is 9.32. The van der Waals surface area contributed by atoms with Gasteiger partial charge in [-0.3, -0.25) is 9.89 Å².